The lowest BCUT2D eigenvalue weighted by molar-refractivity contribution is 0.0953. The van der Waals surface area contributed by atoms with E-state index in [1.54, 1.807) is 12.3 Å². The van der Waals surface area contributed by atoms with E-state index in [4.69, 9.17) is 5.73 Å². The second-order valence-electron chi connectivity index (χ2n) is 5.09. The van der Waals surface area contributed by atoms with Gasteiger partial charge in [-0.05, 0) is 32.1 Å². The maximum atomic E-state index is 12.0. The summed E-state index contributed by atoms with van der Waals surface area (Å²) in [6.07, 6.45) is 2.49. The highest BCUT2D eigenvalue weighted by atomic mass is 35.5. The van der Waals surface area contributed by atoms with E-state index in [0.29, 0.717) is 18.7 Å². The van der Waals surface area contributed by atoms with Crippen molar-refractivity contribution in [1.29, 1.82) is 0 Å². The average Bonchev–Trinajstić information content (AvgIpc) is 2.48. The molecular weight excluding hydrogens is 325 g/mol. The van der Waals surface area contributed by atoms with Gasteiger partial charge in [0.1, 0.15) is 5.82 Å². The number of anilines is 1. The quantitative estimate of drug-likeness (QED) is 0.767. The van der Waals surface area contributed by atoms with Crippen LogP contribution in [0, 0.1) is 0 Å². The van der Waals surface area contributed by atoms with Gasteiger partial charge in [0, 0.05) is 44.5 Å². The zero-order valence-electron chi connectivity index (χ0n) is 12.8. The molecule has 0 bridgehead atoms. The van der Waals surface area contributed by atoms with Crippen LogP contribution in [0.3, 0.4) is 0 Å². The molecule has 1 fully saturated rings. The van der Waals surface area contributed by atoms with Gasteiger partial charge in [-0.3, -0.25) is 4.79 Å². The number of pyridine rings is 1. The van der Waals surface area contributed by atoms with Crippen LogP contribution in [0.25, 0.3) is 0 Å². The third-order valence-corrected chi connectivity index (χ3v) is 3.50. The standard InChI is InChI=1S/C14H23N5O.2ClH/c1-18-7-9-19(10-8-18)13-11-12(3-6-16-13)14(20)17-5-2-4-15;;/h3,6,11H,2,4-5,7-10,15H2,1H3,(H,17,20);2*1H. The first-order chi connectivity index (χ1) is 9.70. The van der Waals surface area contributed by atoms with Crippen LogP contribution < -0.4 is 16.0 Å². The topological polar surface area (TPSA) is 74.5 Å². The summed E-state index contributed by atoms with van der Waals surface area (Å²) in [6.45, 7) is 5.14. The number of rotatable bonds is 5. The molecule has 1 aromatic rings. The predicted molar refractivity (Wildman–Crippen MR) is 94.4 cm³/mol. The fourth-order valence-electron chi connectivity index (χ4n) is 2.17. The molecule has 2 heterocycles. The fourth-order valence-corrected chi connectivity index (χ4v) is 2.17. The first-order valence-electron chi connectivity index (χ1n) is 7.08. The van der Waals surface area contributed by atoms with Crippen molar-refractivity contribution in [3.05, 3.63) is 23.9 Å². The van der Waals surface area contributed by atoms with Gasteiger partial charge >= 0.3 is 0 Å². The van der Waals surface area contributed by atoms with E-state index < -0.39 is 0 Å². The van der Waals surface area contributed by atoms with Gasteiger partial charge < -0.3 is 20.9 Å². The van der Waals surface area contributed by atoms with Crippen LogP contribution in [0.2, 0.25) is 0 Å². The minimum atomic E-state index is -0.0590. The van der Waals surface area contributed by atoms with Crippen molar-refractivity contribution >= 4 is 36.5 Å². The van der Waals surface area contributed by atoms with E-state index >= 15 is 0 Å². The SMILES string of the molecule is CN1CCN(c2cc(C(=O)NCCCN)ccn2)CC1.Cl.Cl. The van der Waals surface area contributed by atoms with E-state index in [1.807, 2.05) is 6.07 Å². The van der Waals surface area contributed by atoms with Gasteiger partial charge in [-0.15, -0.1) is 24.8 Å². The molecule has 1 aromatic heterocycles. The van der Waals surface area contributed by atoms with Crippen molar-refractivity contribution in [1.82, 2.24) is 15.2 Å². The lowest BCUT2D eigenvalue weighted by Gasteiger charge is -2.33. The van der Waals surface area contributed by atoms with Crippen LogP contribution in [0.4, 0.5) is 5.82 Å². The maximum absolute atomic E-state index is 12.0. The Labute approximate surface area is 144 Å². The number of nitrogens with zero attached hydrogens (tertiary/aromatic N) is 3. The molecule has 8 heteroatoms. The van der Waals surface area contributed by atoms with Crippen LogP contribution in [0.5, 0.6) is 0 Å². The molecule has 126 valence electrons. The van der Waals surface area contributed by atoms with Crippen molar-refractivity contribution < 1.29 is 4.79 Å². The number of hydrogen-bond donors (Lipinski definition) is 2. The number of nitrogens with two attached hydrogens (primary N) is 1. The number of hydrogen-bond acceptors (Lipinski definition) is 5. The summed E-state index contributed by atoms with van der Waals surface area (Å²) in [4.78, 5) is 20.9. The molecule has 0 aromatic carbocycles. The molecule has 0 spiro atoms. The molecule has 6 nitrogen and oxygen atoms in total. The zero-order valence-corrected chi connectivity index (χ0v) is 14.5. The Kier molecular flexibility index (Phi) is 10.1. The Morgan fingerprint density at radius 2 is 2.00 bits per heavy atom. The molecule has 3 N–H and O–H groups in total. The molecule has 0 radical (unpaired) electrons. The van der Waals surface area contributed by atoms with E-state index in [9.17, 15) is 4.79 Å². The van der Waals surface area contributed by atoms with Gasteiger partial charge in [0.15, 0.2) is 0 Å². The van der Waals surface area contributed by atoms with Crippen molar-refractivity contribution in [3.8, 4) is 0 Å². The highest BCUT2D eigenvalue weighted by Crippen LogP contribution is 2.14. The van der Waals surface area contributed by atoms with Crippen molar-refractivity contribution in [2.45, 2.75) is 6.42 Å². The second-order valence-corrected chi connectivity index (χ2v) is 5.09. The van der Waals surface area contributed by atoms with Gasteiger partial charge in [0.05, 0.1) is 0 Å². The number of aromatic nitrogens is 1. The number of amides is 1. The number of halogens is 2. The number of nitrogens with one attached hydrogen (secondary N) is 1. The van der Waals surface area contributed by atoms with Crippen LogP contribution >= 0.6 is 24.8 Å². The minimum absolute atomic E-state index is 0. The molecule has 0 atom stereocenters. The molecule has 1 aliphatic rings. The summed E-state index contributed by atoms with van der Waals surface area (Å²) in [5, 5.41) is 2.86. The molecule has 1 amide bonds. The highest BCUT2D eigenvalue weighted by molar-refractivity contribution is 5.94. The minimum Gasteiger partial charge on any atom is -0.354 e. The molecule has 0 unspecified atom stereocenters. The molecule has 22 heavy (non-hydrogen) atoms. The van der Waals surface area contributed by atoms with Crippen LogP contribution in [0.1, 0.15) is 16.8 Å². The summed E-state index contributed by atoms with van der Waals surface area (Å²) in [7, 11) is 2.12. The number of carbonyl (C=O) groups excluding carboxylic acids is 1. The van der Waals surface area contributed by atoms with Crippen molar-refractivity contribution in [2.75, 3.05) is 51.2 Å². The molecule has 1 saturated heterocycles. The third kappa shape index (κ3) is 5.96. The van der Waals surface area contributed by atoms with E-state index in [0.717, 1.165) is 38.4 Å². The third-order valence-electron chi connectivity index (χ3n) is 3.50. The van der Waals surface area contributed by atoms with E-state index in [-0.39, 0.29) is 30.7 Å². The maximum Gasteiger partial charge on any atom is 0.251 e. The van der Waals surface area contributed by atoms with E-state index in [1.165, 1.54) is 0 Å². The van der Waals surface area contributed by atoms with Gasteiger partial charge in [0.2, 0.25) is 0 Å². The fraction of sp³-hybridized carbons (Fsp3) is 0.571. The Bertz CT molecular complexity index is 453. The summed E-state index contributed by atoms with van der Waals surface area (Å²) < 4.78 is 0. The normalized spacial score (nSPS) is 14.7. The predicted octanol–water partition coefficient (Wildman–Crippen LogP) is 0.756. The molecule has 1 aliphatic heterocycles. The highest BCUT2D eigenvalue weighted by Gasteiger charge is 2.16. The summed E-state index contributed by atoms with van der Waals surface area (Å²) in [5.41, 5.74) is 6.07. The summed E-state index contributed by atoms with van der Waals surface area (Å²) in [6, 6.07) is 3.61. The Morgan fingerprint density at radius 3 is 2.64 bits per heavy atom. The lowest BCUT2D eigenvalue weighted by atomic mass is 10.2. The van der Waals surface area contributed by atoms with E-state index in [2.05, 4.69) is 27.1 Å². The van der Waals surface area contributed by atoms with Crippen molar-refractivity contribution in [2.24, 2.45) is 5.73 Å². The van der Waals surface area contributed by atoms with Crippen molar-refractivity contribution in [3.63, 3.8) is 0 Å². The van der Waals surface area contributed by atoms with Gasteiger partial charge in [-0.25, -0.2) is 4.98 Å². The monoisotopic (exact) mass is 349 g/mol. The van der Waals surface area contributed by atoms with Crippen LogP contribution in [0.15, 0.2) is 18.3 Å². The van der Waals surface area contributed by atoms with Crippen LogP contribution in [-0.4, -0.2) is 62.1 Å². The second kappa shape index (κ2) is 10.6. The van der Waals surface area contributed by atoms with Gasteiger partial charge in [-0.2, -0.15) is 0 Å². The summed E-state index contributed by atoms with van der Waals surface area (Å²) >= 11 is 0. The molecular formula is C14H25Cl2N5O. The summed E-state index contributed by atoms with van der Waals surface area (Å²) in [5.74, 6) is 0.820. The number of piperazine rings is 1. The molecule has 2 rings (SSSR count). The Balaban J connectivity index is 0.00000220. The smallest absolute Gasteiger partial charge is 0.251 e. The van der Waals surface area contributed by atoms with Gasteiger partial charge in [-0.1, -0.05) is 0 Å². The first kappa shape index (κ1) is 20.9. The molecule has 0 saturated carbocycles. The Hall–Kier alpha value is -1.08. The van der Waals surface area contributed by atoms with Gasteiger partial charge in [0.25, 0.3) is 5.91 Å². The van der Waals surface area contributed by atoms with Crippen LogP contribution in [-0.2, 0) is 0 Å². The molecule has 0 aliphatic carbocycles. The lowest BCUT2D eigenvalue weighted by Crippen LogP contribution is -2.44. The largest absolute Gasteiger partial charge is 0.354 e. The Morgan fingerprint density at radius 1 is 1.32 bits per heavy atom. The zero-order chi connectivity index (χ0) is 14.4. The first-order valence-corrected chi connectivity index (χ1v) is 7.08. The number of likely N-dealkylation sites (N-methyl/N-ethyl adjacent to an activating group) is 1. The number of carbonyl (C=O) groups is 1. The average molecular weight is 350 g/mol.